The van der Waals surface area contributed by atoms with Gasteiger partial charge in [-0.05, 0) is 18.9 Å². The largest absolute Gasteiger partial charge is 0.384 e. The number of amides is 1. The molecular weight excluding hydrogens is 230 g/mol. The summed E-state index contributed by atoms with van der Waals surface area (Å²) in [6.45, 7) is 0. The van der Waals surface area contributed by atoms with Crippen LogP contribution in [0.1, 0.15) is 48.0 Å². The summed E-state index contributed by atoms with van der Waals surface area (Å²) in [4.78, 5) is 11.9. The van der Waals surface area contributed by atoms with E-state index >= 15 is 0 Å². The maximum Gasteiger partial charge on any atom is 0.254 e. The molecule has 3 rings (SSSR count). The molecule has 0 radical (unpaired) electrons. The Morgan fingerprint density at radius 3 is 2.44 bits per heavy atom. The Labute approximate surface area is 106 Å². The summed E-state index contributed by atoms with van der Waals surface area (Å²) in [7, 11) is 0. The maximum atomic E-state index is 11.9. The van der Waals surface area contributed by atoms with Crippen molar-refractivity contribution in [2.24, 2.45) is 0 Å². The third-order valence-corrected chi connectivity index (χ3v) is 4.21. The summed E-state index contributed by atoms with van der Waals surface area (Å²) < 4.78 is 0. The van der Waals surface area contributed by atoms with Crippen LogP contribution in [0.3, 0.4) is 0 Å². The number of hydrogen-bond donors (Lipinski definition) is 3. The van der Waals surface area contributed by atoms with E-state index in [4.69, 9.17) is 0 Å². The monoisotopic (exact) mass is 247 g/mol. The van der Waals surface area contributed by atoms with E-state index in [-0.39, 0.29) is 5.91 Å². The van der Waals surface area contributed by atoms with Crippen LogP contribution in [-0.2, 0) is 5.72 Å². The van der Waals surface area contributed by atoms with Gasteiger partial charge in [-0.3, -0.25) is 4.79 Å². The van der Waals surface area contributed by atoms with Crippen LogP contribution in [0.4, 0.5) is 0 Å². The third-order valence-electron chi connectivity index (χ3n) is 4.21. The van der Waals surface area contributed by atoms with Crippen molar-refractivity contribution in [2.45, 2.75) is 43.4 Å². The minimum Gasteiger partial charge on any atom is -0.384 e. The number of aliphatic hydroxyl groups is 2. The molecule has 1 unspecified atom stereocenters. The Kier molecular flexibility index (Phi) is 2.47. The molecule has 0 aromatic heterocycles. The van der Waals surface area contributed by atoms with Crippen molar-refractivity contribution in [1.29, 1.82) is 0 Å². The van der Waals surface area contributed by atoms with Crippen LogP contribution < -0.4 is 5.32 Å². The van der Waals surface area contributed by atoms with Crippen molar-refractivity contribution in [3.63, 3.8) is 0 Å². The average Bonchev–Trinajstić information content (AvgIpc) is 2.65. The van der Waals surface area contributed by atoms with E-state index in [0.29, 0.717) is 24.0 Å². The van der Waals surface area contributed by atoms with E-state index in [1.54, 1.807) is 24.3 Å². The Bertz CT molecular complexity index is 494. The quantitative estimate of drug-likeness (QED) is 0.700. The van der Waals surface area contributed by atoms with Gasteiger partial charge in [-0.25, -0.2) is 0 Å². The van der Waals surface area contributed by atoms with Crippen molar-refractivity contribution in [3.05, 3.63) is 35.4 Å². The van der Waals surface area contributed by atoms with Gasteiger partial charge >= 0.3 is 0 Å². The first-order chi connectivity index (χ1) is 8.57. The molecule has 4 nitrogen and oxygen atoms in total. The predicted octanol–water partition coefficient (Wildman–Crippen LogP) is 1.27. The topological polar surface area (TPSA) is 69.6 Å². The van der Waals surface area contributed by atoms with E-state index < -0.39 is 11.3 Å². The lowest BCUT2D eigenvalue weighted by Crippen LogP contribution is -2.59. The van der Waals surface area contributed by atoms with Gasteiger partial charge in [-0.15, -0.1) is 0 Å². The molecule has 1 aliphatic carbocycles. The normalized spacial score (nSPS) is 29.8. The van der Waals surface area contributed by atoms with Crippen LogP contribution in [0.2, 0.25) is 0 Å². The van der Waals surface area contributed by atoms with Crippen LogP contribution in [0.5, 0.6) is 0 Å². The fourth-order valence-electron chi connectivity index (χ4n) is 3.16. The molecule has 0 spiro atoms. The van der Waals surface area contributed by atoms with Crippen molar-refractivity contribution in [1.82, 2.24) is 5.32 Å². The molecule has 18 heavy (non-hydrogen) atoms. The highest BCUT2D eigenvalue weighted by molar-refractivity contribution is 5.99. The van der Waals surface area contributed by atoms with Crippen LogP contribution in [0.15, 0.2) is 24.3 Å². The summed E-state index contributed by atoms with van der Waals surface area (Å²) in [5.41, 5.74) is -1.94. The first-order valence-corrected chi connectivity index (χ1v) is 6.44. The maximum absolute atomic E-state index is 11.9. The van der Waals surface area contributed by atoms with Crippen LogP contribution in [0, 0.1) is 0 Å². The van der Waals surface area contributed by atoms with Gasteiger partial charge in [-0.2, -0.15) is 0 Å². The first kappa shape index (κ1) is 11.7. The fraction of sp³-hybridized carbons (Fsp3) is 0.500. The van der Waals surface area contributed by atoms with E-state index in [0.717, 1.165) is 19.3 Å². The Hall–Kier alpha value is -1.39. The number of rotatable bonds is 1. The predicted molar refractivity (Wildman–Crippen MR) is 65.8 cm³/mol. The summed E-state index contributed by atoms with van der Waals surface area (Å²) in [6.07, 6.45) is 3.83. The minimum absolute atomic E-state index is 0.313. The van der Waals surface area contributed by atoms with E-state index in [2.05, 4.69) is 5.32 Å². The molecule has 1 aliphatic heterocycles. The van der Waals surface area contributed by atoms with Crippen LogP contribution >= 0.6 is 0 Å². The van der Waals surface area contributed by atoms with Gasteiger partial charge in [-0.1, -0.05) is 37.5 Å². The molecule has 1 aromatic rings. The smallest absolute Gasteiger partial charge is 0.254 e. The van der Waals surface area contributed by atoms with Crippen molar-refractivity contribution >= 4 is 5.91 Å². The van der Waals surface area contributed by atoms with Crippen molar-refractivity contribution in [2.75, 3.05) is 0 Å². The Balaban J connectivity index is 2.09. The van der Waals surface area contributed by atoms with Gasteiger partial charge in [0.2, 0.25) is 0 Å². The standard InChI is InChI=1S/C14H17NO3/c16-12-10-6-2-3-7-11(10)14(18,15-12)13(17)8-4-1-5-9-13/h2-3,6-7,17-18H,1,4-5,8-9H2,(H,15,16). The molecule has 1 aromatic carbocycles. The molecule has 0 saturated heterocycles. The second kappa shape index (κ2) is 3.80. The van der Waals surface area contributed by atoms with Crippen molar-refractivity contribution in [3.8, 4) is 0 Å². The second-order valence-electron chi connectivity index (χ2n) is 5.30. The molecule has 96 valence electrons. The summed E-state index contributed by atoms with van der Waals surface area (Å²) in [5, 5.41) is 24.1. The first-order valence-electron chi connectivity index (χ1n) is 6.44. The molecule has 1 fully saturated rings. The molecule has 4 heteroatoms. The third kappa shape index (κ3) is 1.42. The summed E-state index contributed by atoms with van der Waals surface area (Å²) >= 11 is 0. The molecule has 1 amide bonds. The highest BCUT2D eigenvalue weighted by Crippen LogP contribution is 2.44. The van der Waals surface area contributed by atoms with Crippen molar-refractivity contribution < 1.29 is 15.0 Å². The number of carbonyl (C=O) groups excluding carboxylic acids is 1. The number of fused-ring (bicyclic) bond motifs is 1. The molecule has 3 N–H and O–H groups in total. The van der Waals surface area contributed by atoms with E-state index in [1.807, 2.05) is 0 Å². The number of nitrogens with one attached hydrogen (secondary N) is 1. The fourth-order valence-corrected chi connectivity index (χ4v) is 3.16. The zero-order chi connectivity index (χ0) is 12.8. The summed E-state index contributed by atoms with van der Waals surface area (Å²) in [5.74, 6) is -0.313. The highest BCUT2D eigenvalue weighted by Gasteiger charge is 2.56. The van der Waals surface area contributed by atoms with Gasteiger partial charge in [0.05, 0.1) is 0 Å². The SMILES string of the molecule is O=C1NC(O)(C2(O)CCCCC2)c2ccccc21. The van der Waals surface area contributed by atoms with Gasteiger partial charge in [0.1, 0.15) is 5.60 Å². The molecule has 1 atom stereocenters. The van der Waals surface area contributed by atoms with Gasteiger partial charge in [0.25, 0.3) is 5.91 Å². The number of hydrogen-bond acceptors (Lipinski definition) is 3. The zero-order valence-corrected chi connectivity index (χ0v) is 10.1. The molecule has 1 saturated carbocycles. The summed E-state index contributed by atoms with van der Waals surface area (Å²) in [6, 6.07) is 6.92. The minimum atomic E-state index is -1.64. The van der Waals surface area contributed by atoms with Gasteiger partial charge in [0.15, 0.2) is 5.72 Å². The number of carbonyl (C=O) groups is 1. The van der Waals surface area contributed by atoms with Crippen LogP contribution in [-0.4, -0.2) is 21.7 Å². The van der Waals surface area contributed by atoms with E-state index in [9.17, 15) is 15.0 Å². The lowest BCUT2D eigenvalue weighted by Gasteiger charge is -2.43. The second-order valence-corrected chi connectivity index (χ2v) is 5.30. The Morgan fingerprint density at radius 2 is 1.72 bits per heavy atom. The average molecular weight is 247 g/mol. The molecule has 2 aliphatic rings. The molecule has 1 heterocycles. The highest BCUT2D eigenvalue weighted by atomic mass is 16.4. The lowest BCUT2D eigenvalue weighted by atomic mass is 9.74. The van der Waals surface area contributed by atoms with Crippen LogP contribution in [0.25, 0.3) is 0 Å². The number of benzene rings is 1. The van der Waals surface area contributed by atoms with E-state index in [1.165, 1.54) is 0 Å². The van der Waals surface area contributed by atoms with Gasteiger partial charge in [0, 0.05) is 11.1 Å². The lowest BCUT2D eigenvalue weighted by molar-refractivity contribution is -0.182. The Morgan fingerprint density at radius 1 is 1.06 bits per heavy atom. The zero-order valence-electron chi connectivity index (χ0n) is 10.1. The molecule has 0 bridgehead atoms. The molecular formula is C14H17NO3. The van der Waals surface area contributed by atoms with Gasteiger partial charge < -0.3 is 15.5 Å².